The van der Waals surface area contributed by atoms with E-state index in [0.717, 1.165) is 0 Å². The highest BCUT2D eigenvalue weighted by molar-refractivity contribution is 9.10. The maximum atomic E-state index is 12.7. The second kappa shape index (κ2) is 6.29. The van der Waals surface area contributed by atoms with Crippen molar-refractivity contribution in [3.63, 3.8) is 0 Å². The fourth-order valence-corrected chi connectivity index (χ4v) is 3.87. The number of sulfonamides is 1. The molecule has 0 atom stereocenters. The van der Waals surface area contributed by atoms with E-state index in [0.29, 0.717) is 34.0 Å². The van der Waals surface area contributed by atoms with E-state index in [4.69, 9.17) is 14.2 Å². The number of rotatable bonds is 5. The number of hydrogen-bond acceptors (Lipinski definition) is 5. The number of anilines is 1. The van der Waals surface area contributed by atoms with Crippen LogP contribution in [-0.4, -0.2) is 21.8 Å². The van der Waals surface area contributed by atoms with Gasteiger partial charge in [-0.3, -0.25) is 4.72 Å². The molecule has 23 heavy (non-hydrogen) atoms. The van der Waals surface area contributed by atoms with Crippen LogP contribution in [0.1, 0.15) is 6.92 Å². The molecule has 1 aliphatic heterocycles. The van der Waals surface area contributed by atoms with Gasteiger partial charge in [-0.25, -0.2) is 8.42 Å². The number of halogens is 1. The minimum atomic E-state index is -3.81. The van der Waals surface area contributed by atoms with Crippen LogP contribution in [-0.2, 0) is 10.0 Å². The van der Waals surface area contributed by atoms with Gasteiger partial charge in [0.05, 0.1) is 12.3 Å². The molecular formula is C15H14BrNO5S. The highest BCUT2D eigenvalue weighted by atomic mass is 79.9. The van der Waals surface area contributed by atoms with Crippen LogP contribution in [0.4, 0.5) is 5.69 Å². The zero-order valence-corrected chi connectivity index (χ0v) is 14.6. The first-order chi connectivity index (χ1) is 11.0. The molecule has 8 heteroatoms. The van der Waals surface area contributed by atoms with Crippen LogP contribution >= 0.6 is 15.9 Å². The Labute approximate surface area is 142 Å². The lowest BCUT2D eigenvalue weighted by atomic mass is 10.3. The molecule has 2 aromatic rings. The lowest BCUT2D eigenvalue weighted by Crippen LogP contribution is -2.14. The van der Waals surface area contributed by atoms with Crippen molar-refractivity contribution in [1.82, 2.24) is 0 Å². The van der Waals surface area contributed by atoms with Gasteiger partial charge < -0.3 is 14.2 Å². The Morgan fingerprint density at radius 1 is 1.17 bits per heavy atom. The van der Waals surface area contributed by atoms with Crippen molar-refractivity contribution in [3.05, 3.63) is 40.9 Å². The number of ether oxygens (including phenoxy) is 3. The Balaban J connectivity index is 1.94. The summed E-state index contributed by atoms with van der Waals surface area (Å²) in [6.45, 7) is 2.30. The fourth-order valence-electron chi connectivity index (χ4n) is 2.14. The molecule has 0 bridgehead atoms. The van der Waals surface area contributed by atoms with E-state index >= 15 is 0 Å². The average molecular weight is 400 g/mol. The predicted octanol–water partition coefficient (Wildman–Crippen LogP) is 3.38. The van der Waals surface area contributed by atoms with Crippen LogP contribution in [0.15, 0.2) is 45.8 Å². The van der Waals surface area contributed by atoms with Gasteiger partial charge in [0.25, 0.3) is 10.0 Å². The smallest absolute Gasteiger partial charge is 0.265 e. The summed E-state index contributed by atoms with van der Waals surface area (Å²) in [6, 6.07) is 9.69. The normalized spacial score (nSPS) is 13.0. The maximum Gasteiger partial charge on any atom is 0.265 e. The van der Waals surface area contributed by atoms with Crippen LogP contribution in [0.2, 0.25) is 0 Å². The van der Waals surface area contributed by atoms with Gasteiger partial charge in [-0.15, -0.1) is 0 Å². The quantitative estimate of drug-likeness (QED) is 0.833. The predicted molar refractivity (Wildman–Crippen MR) is 88.7 cm³/mol. The molecule has 0 radical (unpaired) electrons. The summed E-state index contributed by atoms with van der Waals surface area (Å²) >= 11 is 3.28. The van der Waals surface area contributed by atoms with Crippen LogP contribution < -0.4 is 18.9 Å². The van der Waals surface area contributed by atoms with Gasteiger partial charge in [0.2, 0.25) is 6.79 Å². The number of fused-ring (bicyclic) bond motifs is 1. The molecule has 0 aliphatic carbocycles. The summed E-state index contributed by atoms with van der Waals surface area (Å²) in [4.78, 5) is 0.0615. The standard InChI is InChI=1S/C15H14BrNO5S/c1-2-20-13-5-3-10(16)7-15(13)23(18,19)17-11-4-6-12-14(8-11)22-9-21-12/h3-8,17H,2,9H2,1H3. The molecule has 1 aliphatic rings. The van der Waals surface area contributed by atoms with E-state index in [2.05, 4.69) is 20.7 Å². The summed E-state index contributed by atoms with van der Waals surface area (Å²) in [7, 11) is -3.81. The van der Waals surface area contributed by atoms with Crippen molar-refractivity contribution in [1.29, 1.82) is 0 Å². The van der Waals surface area contributed by atoms with Gasteiger partial charge >= 0.3 is 0 Å². The van der Waals surface area contributed by atoms with E-state index < -0.39 is 10.0 Å². The molecule has 0 aromatic heterocycles. The van der Waals surface area contributed by atoms with Gasteiger partial charge in [0, 0.05) is 10.5 Å². The first kappa shape index (κ1) is 15.9. The van der Waals surface area contributed by atoms with Crippen LogP contribution in [0.5, 0.6) is 17.2 Å². The first-order valence-corrected chi connectivity index (χ1v) is 9.12. The average Bonchev–Trinajstić information content (AvgIpc) is 2.96. The van der Waals surface area contributed by atoms with E-state index in [1.54, 1.807) is 37.3 Å². The molecule has 122 valence electrons. The molecule has 3 rings (SSSR count). The van der Waals surface area contributed by atoms with Crippen molar-refractivity contribution in [2.75, 3.05) is 18.1 Å². The summed E-state index contributed by atoms with van der Waals surface area (Å²) in [5.41, 5.74) is 0.386. The topological polar surface area (TPSA) is 73.9 Å². The van der Waals surface area contributed by atoms with Crippen LogP contribution in [0.3, 0.4) is 0 Å². The SMILES string of the molecule is CCOc1ccc(Br)cc1S(=O)(=O)Nc1ccc2c(c1)OCO2. The molecule has 0 saturated carbocycles. The largest absolute Gasteiger partial charge is 0.492 e. The van der Waals surface area contributed by atoms with Gasteiger partial charge in [-0.1, -0.05) is 15.9 Å². The lowest BCUT2D eigenvalue weighted by Gasteiger charge is -2.13. The summed E-state index contributed by atoms with van der Waals surface area (Å²) < 4.78 is 44.4. The van der Waals surface area contributed by atoms with E-state index in [1.807, 2.05) is 0 Å². The second-order valence-corrected chi connectivity index (χ2v) is 7.26. The molecule has 0 saturated heterocycles. The van der Waals surface area contributed by atoms with Crippen molar-refractivity contribution < 1.29 is 22.6 Å². The van der Waals surface area contributed by atoms with Crippen LogP contribution in [0, 0.1) is 0 Å². The molecule has 0 amide bonds. The third-order valence-electron chi connectivity index (χ3n) is 3.12. The molecule has 0 spiro atoms. The molecule has 2 aromatic carbocycles. The maximum absolute atomic E-state index is 12.7. The van der Waals surface area contributed by atoms with Crippen LogP contribution in [0.25, 0.3) is 0 Å². The minimum Gasteiger partial charge on any atom is -0.492 e. The molecule has 1 N–H and O–H groups in total. The zero-order valence-electron chi connectivity index (χ0n) is 12.2. The fraction of sp³-hybridized carbons (Fsp3) is 0.200. The van der Waals surface area contributed by atoms with Crippen molar-refractivity contribution in [3.8, 4) is 17.2 Å². The van der Waals surface area contributed by atoms with E-state index in [1.165, 1.54) is 6.07 Å². The molecular weight excluding hydrogens is 386 g/mol. The van der Waals surface area contributed by atoms with Crippen molar-refractivity contribution in [2.24, 2.45) is 0 Å². The molecule has 0 unspecified atom stereocenters. The Morgan fingerprint density at radius 3 is 2.74 bits per heavy atom. The third-order valence-corrected chi connectivity index (χ3v) is 5.02. The van der Waals surface area contributed by atoms with Gasteiger partial charge in [0.15, 0.2) is 11.5 Å². The molecule has 0 fully saturated rings. The van der Waals surface area contributed by atoms with Gasteiger partial charge in [-0.05, 0) is 37.3 Å². The number of nitrogens with one attached hydrogen (secondary N) is 1. The Kier molecular flexibility index (Phi) is 4.36. The Morgan fingerprint density at radius 2 is 1.96 bits per heavy atom. The monoisotopic (exact) mass is 399 g/mol. The highest BCUT2D eigenvalue weighted by Crippen LogP contribution is 2.35. The summed E-state index contributed by atoms with van der Waals surface area (Å²) in [5.74, 6) is 1.39. The zero-order chi connectivity index (χ0) is 16.4. The van der Waals surface area contributed by atoms with Crippen molar-refractivity contribution >= 4 is 31.6 Å². The summed E-state index contributed by atoms with van der Waals surface area (Å²) in [6.07, 6.45) is 0. The minimum absolute atomic E-state index is 0.0615. The number of benzene rings is 2. The summed E-state index contributed by atoms with van der Waals surface area (Å²) in [5, 5.41) is 0. The first-order valence-electron chi connectivity index (χ1n) is 6.84. The lowest BCUT2D eigenvalue weighted by molar-refractivity contribution is 0.174. The van der Waals surface area contributed by atoms with E-state index in [9.17, 15) is 8.42 Å². The third kappa shape index (κ3) is 3.37. The molecule has 6 nitrogen and oxygen atoms in total. The highest BCUT2D eigenvalue weighted by Gasteiger charge is 2.22. The van der Waals surface area contributed by atoms with Gasteiger partial charge in [-0.2, -0.15) is 0 Å². The van der Waals surface area contributed by atoms with Crippen molar-refractivity contribution in [2.45, 2.75) is 11.8 Å². The Bertz CT molecular complexity index is 838. The second-order valence-electron chi connectivity index (χ2n) is 4.70. The van der Waals surface area contributed by atoms with E-state index in [-0.39, 0.29) is 11.7 Å². The Hall–Kier alpha value is -1.93. The number of hydrogen-bond donors (Lipinski definition) is 1. The van der Waals surface area contributed by atoms with Gasteiger partial charge in [0.1, 0.15) is 10.6 Å². The molecule has 1 heterocycles.